The maximum Gasteiger partial charge on any atom is 0.238 e. The summed E-state index contributed by atoms with van der Waals surface area (Å²) >= 11 is 5.84. The molecule has 1 aliphatic carbocycles. The monoisotopic (exact) mass is 393 g/mol. The molecule has 4 rings (SSSR count). The number of aromatic nitrogens is 2. The lowest BCUT2D eigenvalue weighted by molar-refractivity contribution is -0.132. The number of rotatable bonds is 4. The molecule has 1 amide bonds. The van der Waals surface area contributed by atoms with E-state index in [-0.39, 0.29) is 29.9 Å². The number of hydrogen-bond donors (Lipinski definition) is 0. The zero-order chi connectivity index (χ0) is 19.1. The molecule has 0 fully saturated rings. The van der Waals surface area contributed by atoms with E-state index >= 15 is 0 Å². The van der Waals surface area contributed by atoms with E-state index in [1.807, 2.05) is 17.7 Å². The minimum absolute atomic E-state index is 0.0478. The fourth-order valence-corrected chi connectivity index (χ4v) is 4.64. The molecule has 0 saturated heterocycles. The highest BCUT2D eigenvalue weighted by Crippen LogP contribution is 2.34. The van der Waals surface area contributed by atoms with Crippen LogP contribution in [0.25, 0.3) is 0 Å². The van der Waals surface area contributed by atoms with Crippen LogP contribution in [0.3, 0.4) is 0 Å². The van der Waals surface area contributed by atoms with Gasteiger partial charge >= 0.3 is 0 Å². The van der Waals surface area contributed by atoms with Crippen LogP contribution in [-0.4, -0.2) is 32.5 Å². The first kappa shape index (κ1) is 18.4. The Bertz CT molecular complexity index is 896. The Labute approximate surface area is 162 Å². The second-order valence-corrected chi connectivity index (χ2v) is 7.66. The smallest absolute Gasteiger partial charge is 0.238 e. The number of halogens is 3. The van der Waals surface area contributed by atoms with Crippen molar-refractivity contribution in [3.8, 4) is 0 Å². The maximum absolute atomic E-state index is 14.8. The summed E-state index contributed by atoms with van der Waals surface area (Å²) in [7, 11) is 0. The molecule has 2 aliphatic rings. The Balaban J connectivity index is 1.68. The first-order chi connectivity index (χ1) is 13.0. The van der Waals surface area contributed by atoms with Crippen LogP contribution in [0.5, 0.6) is 0 Å². The number of amides is 1. The van der Waals surface area contributed by atoms with E-state index in [1.54, 1.807) is 11.1 Å². The summed E-state index contributed by atoms with van der Waals surface area (Å²) in [5.41, 5.74) is 3.51. The number of benzene rings is 1. The predicted octanol–water partition coefficient (Wildman–Crippen LogP) is 3.54. The maximum atomic E-state index is 14.8. The molecule has 0 spiro atoms. The number of nitrogens with zero attached hydrogens (tertiary/aromatic N) is 3. The standard InChI is InChI=1S/C20H22ClF2N3O/c1-12-15-3-2-4-16(15)19(22)20(23)17(12)11-25(18(27)10-21)13-6-8-26-14(9-13)5-7-24-26/h5,7,13H,2-4,6,8-11H2,1H3. The van der Waals surface area contributed by atoms with Gasteiger partial charge in [0.1, 0.15) is 5.88 Å². The minimum atomic E-state index is -0.818. The van der Waals surface area contributed by atoms with E-state index in [4.69, 9.17) is 11.6 Å². The van der Waals surface area contributed by atoms with Gasteiger partial charge in [0.15, 0.2) is 11.6 Å². The van der Waals surface area contributed by atoms with Crippen LogP contribution in [0.15, 0.2) is 12.3 Å². The van der Waals surface area contributed by atoms with Gasteiger partial charge in [-0.2, -0.15) is 5.10 Å². The van der Waals surface area contributed by atoms with Crippen molar-refractivity contribution in [3.63, 3.8) is 0 Å². The summed E-state index contributed by atoms with van der Waals surface area (Å²) in [6.07, 6.45) is 5.27. The van der Waals surface area contributed by atoms with Gasteiger partial charge in [-0.25, -0.2) is 8.78 Å². The number of aryl methyl sites for hydroxylation is 1. The zero-order valence-electron chi connectivity index (χ0n) is 15.3. The largest absolute Gasteiger partial charge is 0.334 e. The molecule has 0 bridgehead atoms. The summed E-state index contributed by atoms with van der Waals surface area (Å²) < 4.78 is 31.3. The van der Waals surface area contributed by atoms with Crippen LogP contribution in [-0.2, 0) is 37.1 Å². The van der Waals surface area contributed by atoms with E-state index in [9.17, 15) is 13.6 Å². The molecular formula is C20H22ClF2N3O. The van der Waals surface area contributed by atoms with Crippen molar-refractivity contribution in [2.45, 2.75) is 58.2 Å². The Hall–Kier alpha value is -1.95. The molecule has 0 radical (unpaired) electrons. The number of carbonyl (C=O) groups excluding carboxylic acids is 1. The van der Waals surface area contributed by atoms with Crippen LogP contribution in [0.2, 0.25) is 0 Å². The molecule has 1 atom stereocenters. The second-order valence-electron chi connectivity index (χ2n) is 7.39. The highest BCUT2D eigenvalue weighted by Gasteiger charge is 2.31. The van der Waals surface area contributed by atoms with Crippen LogP contribution < -0.4 is 0 Å². The SMILES string of the molecule is Cc1c(CN(C(=O)CCl)C2CCn3nccc3C2)c(F)c(F)c2c1CCC2. The van der Waals surface area contributed by atoms with E-state index in [2.05, 4.69) is 5.10 Å². The number of fused-ring (bicyclic) bond motifs is 2. The van der Waals surface area contributed by atoms with Crippen molar-refractivity contribution < 1.29 is 13.6 Å². The van der Waals surface area contributed by atoms with Gasteiger partial charge in [0.25, 0.3) is 0 Å². The molecule has 1 aromatic carbocycles. The van der Waals surface area contributed by atoms with Crippen molar-refractivity contribution in [2.75, 3.05) is 5.88 Å². The first-order valence-electron chi connectivity index (χ1n) is 9.35. The third kappa shape index (κ3) is 3.14. The van der Waals surface area contributed by atoms with Crippen molar-refractivity contribution in [1.82, 2.24) is 14.7 Å². The van der Waals surface area contributed by atoms with Crippen molar-refractivity contribution in [3.05, 3.63) is 51.8 Å². The summed E-state index contributed by atoms with van der Waals surface area (Å²) in [5, 5.41) is 4.26. The molecule has 0 saturated carbocycles. The summed E-state index contributed by atoms with van der Waals surface area (Å²) in [5.74, 6) is -2.00. The van der Waals surface area contributed by atoms with E-state index in [0.29, 0.717) is 31.4 Å². The molecule has 4 nitrogen and oxygen atoms in total. The first-order valence-corrected chi connectivity index (χ1v) is 9.89. The average Bonchev–Trinajstić information content (AvgIpc) is 3.34. The fourth-order valence-electron chi connectivity index (χ4n) is 4.48. The summed E-state index contributed by atoms with van der Waals surface area (Å²) in [6, 6.07) is 1.83. The van der Waals surface area contributed by atoms with Gasteiger partial charge in [0.2, 0.25) is 5.91 Å². The second kappa shape index (κ2) is 7.23. The fraction of sp³-hybridized carbons (Fsp3) is 0.500. The molecule has 0 N–H and O–H groups in total. The van der Waals surface area contributed by atoms with Gasteiger partial charge in [0, 0.05) is 43.0 Å². The molecule has 144 valence electrons. The Kier molecular flexibility index (Phi) is 4.93. The third-order valence-corrected chi connectivity index (χ3v) is 6.20. The lowest BCUT2D eigenvalue weighted by Crippen LogP contribution is -2.45. The lowest BCUT2D eigenvalue weighted by atomic mass is 9.95. The normalized spacial score (nSPS) is 18.3. The minimum Gasteiger partial charge on any atom is -0.334 e. The molecule has 1 aromatic heterocycles. The predicted molar refractivity (Wildman–Crippen MR) is 98.7 cm³/mol. The van der Waals surface area contributed by atoms with Crippen LogP contribution in [0, 0.1) is 18.6 Å². The summed E-state index contributed by atoms with van der Waals surface area (Å²) in [6.45, 7) is 2.58. The van der Waals surface area contributed by atoms with E-state index in [0.717, 1.165) is 29.7 Å². The molecule has 27 heavy (non-hydrogen) atoms. The lowest BCUT2D eigenvalue weighted by Gasteiger charge is -2.35. The van der Waals surface area contributed by atoms with Crippen molar-refractivity contribution in [1.29, 1.82) is 0 Å². The molecule has 2 aromatic rings. The highest BCUT2D eigenvalue weighted by atomic mass is 35.5. The summed E-state index contributed by atoms with van der Waals surface area (Å²) in [4.78, 5) is 14.2. The number of alkyl halides is 1. The molecule has 1 unspecified atom stereocenters. The Morgan fingerprint density at radius 1 is 1.33 bits per heavy atom. The molecule has 7 heteroatoms. The third-order valence-electron chi connectivity index (χ3n) is 5.97. The van der Waals surface area contributed by atoms with Crippen LogP contribution >= 0.6 is 11.6 Å². The van der Waals surface area contributed by atoms with Crippen LogP contribution in [0.1, 0.15) is 40.8 Å². The van der Waals surface area contributed by atoms with E-state index < -0.39 is 11.6 Å². The van der Waals surface area contributed by atoms with Gasteiger partial charge in [-0.05, 0) is 55.4 Å². The van der Waals surface area contributed by atoms with Gasteiger partial charge < -0.3 is 4.90 Å². The quantitative estimate of drug-likeness (QED) is 0.745. The highest BCUT2D eigenvalue weighted by molar-refractivity contribution is 6.27. The topological polar surface area (TPSA) is 38.1 Å². The molecule has 2 heterocycles. The Morgan fingerprint density at radius 3 is 2.89 bits per heavy atom. The van der Waals surface area contributed by atoms with Gasteiger partial charge in [-0.1, -0.05) is 0 Å². The van der Waals surface area contributed by atoms with E-state index in [1.165, 1.54) is 0 Å². The zero-order valence-corrected chi connectivity index (χ0v) is 16.0. The average molecular weight is 394 g/mol. The Morgan fingerprint density at radius 2 is 2.11 bits per heavy atom. The van der Waals surface area contributed by atoms with Crippen LogP contribution in [0.4, 0.5) is 8.78 Å². The number of carbonyl (C=O) groups is 1. The van der Waals surface area contributed by atoms with Crippen molar-refractivity contribution in [2.24, 2.45) is 0 Å². The van der Waals surface area contributed by atoms with Crippen molar-refractivity contribution >= 4 is 17.5 Å². The van der Waals surface area contributed by atoms with Gasteiger partial charge in [-0.3, -0.25) is 9.48 Å². The van der Waals surface area contributed by atoms with Gasteiger partial charge in [0.05, 0.1) is 0 Å². The molecule has 1 aliphatic heterocycles. The van der Waals surface area contributed by atoms with Gasteiger partial charge in [-0.15, -0.1) is 11.6 Å². The number of hydrogen-bond acceptors (Lipinski definition) is 2. The molecular weight excluding hydrogens is 372 g/mol.